The number of carboxylic acid groups (broad SMARTS) is 1. The summed E-state index contributed by atoms with van der Waals surface area (Å²) in [5.74, 6) is 0.822. The number of likely N-dealkylation sites (tertiary alicyclic amines) is 1. The number of likely N-dealkylation sites (N-methyl/N-ethyl adjacent to an activating group) is 1. The first-order valence-corrected chi connectivity index (χ1v) is 13.2. The zero-order valence-electron chi connectivity index (χ0n) is 21.4. The molecule has 2 atom stereocenters. The molecule has 2 fully saturated rings. The van der Waals surface area contributed by atoms with E-state index in [9.17, 15) is 15.2 Å². The molecule has 4 heterocycles. The largest absolute Gasteiger partial charge is 0.465 e. The fourth-order valence-electron chi connectivity index (χ4n) is 5.71. The van der Waals surface area contributed by atoms with Gasteiger partial charge in [-0.2, -0.15) is 15.2 Å². The maximum atomic E-state index is 11.8. The fraction of sp³-hybridized carbons (Fsp3) is 0.556. The SMILES string of the molecule is CN1CCC[C@H]1COc1nc2c(c(N3CCN(C(=O)O)[C@@H](CC#N)C3)n1)CCCN(c1ccccc1)C2. The summed E-state index contributed by atoms with van der Waals surface area (Å²) >= 11 is 0. The first kappa shape index (κ1) is 25.1. The summed E-state index contributed by atoms with van der Waals surface area (Å²) in [5, 5.41) is 19.0. The average molecular weight is 506 g/mol. The maximum Gasteiger partial charge on any atom is 0.407 e. The van der Waals surface area contributed by atoms with Gasteiger partial charge in [-0.1, -0.05) is 18.2 Å². The van der Waals surface area contributed by atoms with Gasteiger partial charge in [-0.3, -0.25) is 0 Å². The molecule has 0 saturated carbocycles. The van der Waals surface area contributed by atoms with Crippen LogP contribution in [-0.2, 0) is 13.0 Å². The third-order valence-electron chi connectivity index (χ3n) is 7.80. The molecule has 37 heavy (non-hydrogen) atoms. The lowest BCUT2D eigenvalue weighted by Crippen LogP contribution is -2.55. The second-order valence-electron chi connectivity index (χ2n) is 10.1. The van der Waals surface area contributed by atoms with Gasteiger partial charge < -0.3 is 29.4 Å². The standard InChI is InChI=1S/C27H35N7O3/c1-31-13-5-9-22(31)19-37-26-29-24-18-32(20-7-3-2-4-8-20)14-6-10-23(24)25(30-26)33-15-16-34(27(35)36)21(17-33)11-12-28/h2-4,7-8,21-22H,5-6,9-11,13-19H2,1H3,(H,35,36)/t21-,22-/m0/s1. The van der Waals surface area contributed by atoms with Gasteiger partial charge >= 0.3 is 12.1 Å². The highest BCUT2D eigenvalue weighted by Gasteiger charge is 2.33. The summed E-state index contributed by atoms with van der Waals surface area (Å²) in [6, 6.07) is 12.9. The molecule has 1 amide bonds. The van der Waals surface area contributed by atoms with Gasteiger partial charge in [0.05, 0.1) is 30.8 Å². The molecule has 3 aliphatic rings. The van der Waals surface area contributed by atoms with E-state index in [1.54, 1.807) is 0 Å². The average Bonchev–Trinajstić information content (AvgIpc) is 3.19. The molecule has 0 radical (unpaired) electrons. The molecule has 10 heteroatoms. The fourth-order valence-corrected chi connectivity index (χ4v) is 5.71. The van der Waals surface area contributed by atoms with Gasteiger partial charge in [0.2, 0.25) is 0 Å². The number of hydrogen-bond acceptors (Lipinski definition) is 8. The third kappa shape index (κ3) is 5.57. The van der Waals surface area contributed by atoms with Crippen molar-refractivity contribution in [1.82, 2.24) is 19.8 Å². The minimum Gasteiger partial charge on any atom is -0.465 e. The number of hydrogen-bond donors (Lipinski definition) is 1. The van der Waals surface area contributed by atoms with Crippen LogP contribution in [0.5, 0.6) is 6.01 Å². The highest BCUT2D eigenvalue weighted by Crippen LogP contribution is 2.32. The van der Waals surface area contributed by atoms with E-state index >= 15 is 0 Å². The van der Waals surface area contributed by atoms with Gasteiger partial charge in [-0.05, 0) is 51.4 Å². The topological polar surface area (TPSA) is 109 Å². The predicted octanol–water partition coefficient (Wildman–Crippen LogP) is 2.98. The Hall–Kier alpha value is -3.58. The molecule has 0 unspecified atom stereocenters. The highest BCUT2D eigenvalue weighted by molar-refractivity contribution is 5.66. The second kappa shape index (κ2) is 11.2. The van der Waals surface area contributed by atoms with Gasteiger partial charge in [-0.15, -0.1) is 0 Å². The number of anilines is 2. The number of para-hydroxylation sites is 1. The number of fused-ring (bicyclic) bond motifs is 1. The summed E-state index contributed by atoms with van der Waals surface area (Å²) < 4.78 is 6.21. The Morgan fingerprint density at radius 3 is 2.68 bits per heavy atom. The van der Waals surface area contributed by atoms with Gasteiger partial charge in [0.15, 0.2) is 0 Å². The quantitative estimate of drug-likeness (QED) is 0.634. The number of benzene rings is 1. The number of amides is 1. The van der Waals surface area contributed by atoms with E-state index < -0.39 is 12.1 Å². The number of ether oxygens (including phenoxy) is 1. The Kier molecular flexibility index (Phi) is 7.60. The Bertz CT molecular complexity index is 1140. The Labute approximate surface area is 218 Å². The van der Waals surface area contributed by atoms with Crippen LogP contribution in [0.2, 0.25) is 0 Å². The van der Waals surface area contributed by atoms with Crippen molar-refractivity contribution in [3.05, 3.63) is 41.6 Å². The summed E-state index contributed by atoms with van der Waals surface area (Å²) in [4.78, 5) is 29.8. The van der Waals surface area contributed by atoms with Crippen molar-refractivity contribution in [2.24, 2.45) is 0 Å². The van der Waals surface area contributed by atoms with E-state index in [4.69, 9.17) is 14.7 Å². The Morgan fingerprint density at radius 1 is 1.11 bits per heavy atom. The van der Waals surface area contributed by atoms with Crippen LogP contribution in [0.1, 0.15) is 36.9 Å². The highest BCUT2D eigenvalue weighted by atomic mass is 16.5. The zero-order valence-corrected chi connectivity index (χ0v) is 21.4. The van der Waals surface area contributed by atoms with Crippen molar-refractivity contribution in [3.63, 3.8) is 0 Å². The van der Waals surface area contributed by atoms with E-state index in [0.29, 0.717) is 44.8 Å². The Balaban J connectivity index is 1.46. The molecule has 5 rings (SSSR count). The molecule has 10 nitrogen and oxygen atoms in total. The molecule has 0 spiro atoms. The van der Waals surface area contributed by atoms with Gasteiger partial charge in [0.1, 0.15) is 12.4 Å². The van der Waals surface area contributed by atoms with Gasteiger partial charge in [-0.25, -0.2) is 4.79 Å². The molecule has 2 saturated heterocycles. The van der Waals surface area contributed by atoms with Gasteiger partial charge in [0, 0.05) is 43.5 Å². The third-order valence-corrected chi connectivity index (χ3v) is 7.80. The van der Waals surface area contributed by atoms with Crippen LogP contribution in [0.25, 0.3) is 0 Å². The molecule has 1 aromatic heterocycles. The predicted molar refractivity (Wildman–Crippen MR) is 140 cm³/mol. The Morgan fingerprint density at radius 2 is 1.95 bits per heavy atom. The molecule has 1 aromatic carbocycles. The molecule has 196 valence electrons. The van der Waals surface area contributed by atoms with Crippen molar-refractivity contribution in [2.75, 3.05) is 56.2 Å². The summed E-state index contributed by atoms with van der Waals surface area (Å²) in [7, 11) is 2.12. The normalized spacial score (nSPS) is 22.3. The minimum absolute atomic E-state index is 0.148. The number of carbonyl (C=O) groups is 1. The lowest BCUT2D eigenvalue weighted by atomic mass is 10.1. The zero-order chi connectivity index (χ0) is 25.8. The van der Waals surface area contributed by atoms with Crippen LogP contribution in [0.3, 0.4) is 0 Å². The smallest absolute Gasteiger partial charge is 0.407 e. The van der Waals surface area contributed by atoms with Crippen molar-refractivity contribution in [1.29, 1.82) is 5.26 Å². The number of rotatable bonds is 6. The number of nitrogens with zero attached hydrogens (tertiary/aromatic N) is 7. The van der Waals surface area contributed by atoms with Crippen LogP contribution in [-0.4, -0.2) is 89.4 Å². The van der Waals surface area contributed by atoms with Crippen LogP contribution in [0, 0.1) is 11.3 Å². The first-order valence-electron chi connectivity index (χ1n) is 13.2. The van der Waals surface area contributed by atoms with Crippen LogP contribution in [0.4, 0.5) is 16.3 Å². The molecular weight excluding hydrogens is 470 g/mol. The van der Waals surface area contributed by atoms with E-state index in [1.165, 1.54) is 11.3 Å². The number of piperazine rings is 1. The van der Waals surface area contributed by atoms with Crippen molar-refractivity contribution >= 4 is 17.6 Å². The maximum absolute atomic E-state index is 11.8. The summed E-state index contributed by atoms with van der Waals surface area (Å²) in [6.45, 7) is 4.46. The first-order chi connectivity index (χ1) is 18.0. The van der Waals surface area contributed by atoms with E-state index in [0.717, 1.165) is 55.1 Å². The summed E-state index contributed by atoms with van der Waals surface area (Å²) in [5.41, 5.74) is 3.22. The van der Waals surface area contributed by atoms with Crippen molar-refractivity contribution < 1.29 is 14.6 Å². The molecule has 1 N–H and O–H groups in total. The van der Waals surface area contributed by atoms with Crippen molar-refractivity contribution in [2.45, 2.75) is 50.7 Å². The lowest BCUT2D eigenvalue weighted by molar-refractivity contribution is 0.119. The molecule has 0 aliphatic carbocycles. The summed E-state index contributed by atoms with van der Waals surface area (Å²) in [6.07, 6.45) is 3.23. The molecule has 0 bridgehead atoms. The second-order valence-corrected chi connectivity index (χ2v) is 10.1. The van der Waals surface area contributed by atoms with E-state index in [1.807, 2.05) is 6.07 Å². The minimum atomic E-state index is -0.982. The monoisotopic (exact) mass is 505 g/mol. The van der Waals surface area contributed by atoms with Gasteiger partial charge in [0.25, 0.3) is 0 Å². The van der Waals surface area contributed by atoms with E-state index in [-0.39, 0.29) is 6.42 Å². The van der Waals surface area contributed by atoms with E-state index in [2.05, 4.69) is 52.1 Å². The molecule has 3 aliphatic heterocycles. The number of nitriles is 1. The van der Waals surface area contributed by atoms with Crippen LogP contribution in [0.15, 0.2) is 30.3 Å². The molecule has 2 aromatic rings. The number of aromatic nitrogens is 2. The van der Waals surface area contributed by atoms with Crippen LogP contribution >= 0.6 is 0 Å². The molecular formula is C27H35N7O3. The van der Waals surface area contributed by atoms with Crippen molar-refractivity contribution in [3.8, 4) is 12.1 Å². The lowest BCUT2D eigenvalue weighted by Gasteiger charge is -2.40. The van der Waals surface area contributed by atoms with Crippen LogP contribution < -0.4 is 14.5 Å².